The monoisotopic (exact) mass is 217 g/mol. The van der Waals surface area contributed by atoms with Gasteiger partial charge in [0.05, 0.1) is 6.61 Å². The van der Waals surface area contributed by atoms with Crippen LogP contribution < -0.4 is 16.8 Å². The van der Waals surface area contributed by atoms with Gasteiger partial charge in [-0.2, -0.15) is 0 Å². The molecule has 0 saturated carbocycles. The van der Waals surface area contributed by atoms with Crippen molar-refractivity contribution in [1.29, 1.82) is 0 Å². The van der Waals surface area contributed by atoms with E-state index in [1.807, 2.05) is 0 Å². The van der Waals surface area contributed by atoms with Crippen molar-refractivity contribution in [2.24, 2.45) is 11.5 Å². The van der Waals surface area contributed by atoms with Gasteiger partial charge >= 0.3 is 0 Å². The van der Waals surface area contributed by atoms with E-state index in [0.717, 1.165) is 0 Å². The number of hydrogen-bond donors (Lipinski definition) is 3. The summed E-state index contributed by atoms with van der Waals surface area (Å²) in [4.78, 5) is 22.2. The first-order chi connectivity index (χ1) is 6.78. The number of amides is 2. The molecular formula is C9H19N3O3. The van der Waals surface area contributed by atoms with E-state index in [9.17, 15) is 9.59 Å². The van der Waals surface area contributed by atoms with Crippen LogP contribution in [0.1, 0.15) is 20.3 Å². The Morgan fingerprint density at radius 2 is 2.00 bits per heavy atom. The quantitative estimate of drug-likeness (QED) is 0.515. The van der Waals surface area contributed by atoms with Crippen molar-refractivity contribution < 1.29 is 14.3 Å². The van der Waals surface area contributed by atoms with Gasteiger partial charge in [-0.3, -0.25) is 9.59 Å². The largest absolute Gasteiger partial charge is 0.383 e. The summed E-state index contributed by atoms with van der Waals surface area (Å²) in [6.45, 7) is 3.54. The molecule has 1 unspecified atom stereocenters. The van der Waals surface area contributed by atoms with Crippen molar-refractivity contribution in [1.82, 2.24) is 5.32 Å². The Kier molecular flexibility index (Phi) is 5.24. The van der Waals surface area contributed by atoms with Gasteiger partial charge in [0.2, 0.25) is 11.8 Å². The second kappa shape index (κ2) is 5.67. The summed E-state index contributed by atoms with van der Waals surface area (Å²) in [5.74, 6) is -0.830. The van der Waals surface area contributed by atoms with Crippen LogP contribution in [0.3, 0.4) is 0 Å². The first-order valence-electron chi connectivity index (χ1n) is 4.63. The van der Waals surface area contributed by atoms with E-state index < -0.39 is 17.5 Å². The van der Waals surface area contributed by atoms with Crippen LogP contribution in [0.2, 0.25) is 0 Å². The molecular weight excluding hydrogens is 198 g/mol. The average Bonchev–Trinajstić information content (AvgIpc) is 2.00. The molecule has 5 N–H and O–H groups in total. The molecule has 0 radical (unpaired) electrons. The minimum Gasteiger partial charge on any atom is -0.383 e. The summed E-state index contributed by atoms with van der Waals surface area (Å²) in [5, 5.41) is 2.63. The topological polar surface area (TPSA) is 107 Å². The molecule has 15 heavy (non-hydrogen) atoms. The SMILES string of the molecule is COCC(N)C(=O)NC(C)(C)CC(N)=O. The van der Waals surface area contributed by atoms with E-state index in [2.05, 4.69) is 5.32 Å². The summed E-state index contributed by atoms with van der Waals surface area (Å²) in [6, 6.07) is -0.734. The number of carbonyl (C=O) groups excluding carboxylic acids is 2. The molecule has 0 aromatic rings. The molecule has 0 fully saturated rings. The van der Waals surface area contributed by atoms with Crippen molar-refractivity contribution in [3.05, 3.63) is 0 Å². The highest BCUT2D eigenvalue weighted by Crippen LogP contribution is 2.07. The van der Waals surface area contributed by atoms with Crippen LogP contribution in [0.4, 0.5) is 0 Å². The minimum atomic E-state index is -0.734. The molecule has 1 atom stereocenters. The van der Waals surface area contributed by atoms with Crippen molar-refractivity contribution in [2.45, 2.75) is 31.8 Å². The van der Waals surface area contributed by atoms with Crippen molar-refractivity contribution >= 4 is 11.8 Å². The second-order valence-corrected chi connectivity index (χ2v) is 4.08. The lowest BCUT2D eigenvalue weighted by atomic mass is 10.00. The summed E-state index contributed by atoms with van der Waals surface area (Å²) in [5.41, 5.74) is 9.87. The fourth-order valence-electron chi connectivity index (χ4n) is 1.16. The molecule has 0 aliphatic carbocycles. The van der Waals surface area contributed by atoms with Crippen molar-refractivity contribution in [3.63, 3.8) is 0 Å². The first kappa shape index (κ1) is 13.9. The fraction of sp³-hybridized carbons (Fsp3) is 0.778. The Bertz CT molecular complexity index is 241. The standard InChI is InChI=1S/C9H19N3O3/c1-9(2,4-7(11)13)12-8(14)6(10)5-15-3/h6H,4-5,10H2,1-3H3,(H2,11,13)(H,12,14). The normalized spacial score (nSPS) is 13.3. The van der Waals surface area contributed by atoms with Crippen LogP contribution in [0.15, 0.2) is 0 Å². The molecule has 0 aliphatic heterocycles. The van der Waals surface area contributed by atoms with Gasteiger partial charge in [-0.15, -0.1) is 0 Å². The van der Waals surface area contributed by atoms with E-state index in [-0.39, 0.29) is 18.9 Å². The third-order valence-corrected chi connectivity index (χ3v) is 1.76. The number of nitrogens with two attached hydrogens (primary N) is 2. The number of nitrogens with one attached hydrogen (secondary N) is 1. The molecule has 0 rings (SSSR count). The predicted octanol–water partition coefficient (Wildman–Crippen LogP) is -1.27. The second-order valence-electron chi connectivity index (χ2n) is 4.08. The number of hydrogen-bond acceptors (Lipinski definition) is 4. The van der Waals surface area contributed by atoms with E-state index in [0.29, 0.717) is 0 Å². The predicted molar refractivity (Wildman–Crippen MR) is 55.9 cm³/mol. The van der Waals surface area contributed by atoms with Crippen LogP contribution in [-0.4, -0.2) is 37.1 Å². The molecule has 6 heteroatoms. The molecule has 0 heterocycles. The van der Waals surface area contributed by atoms with Crippen LogP contribution in [-0.2, 0) is 14.3 Å². The van der Waals surface area contributed by atoms with E-state index in [4.69, 9.17) is 16.2 Å². The fourth-order valence-corrected chi connectivity index (χ4v) is 1.16. The van der Waals surface area contributed by atoms with Crippen LogP contribution in [0.5, 0.6) is 0 Å². The summed E-state index contributed by atoms with van der Waals surface area (Å²) >= 11 is 0. The van der Waals surface area contributed by atoms with Crippen LogP contribution in [0, 0.1) is 0 Å². The summed E-state index contributed by atoms with van der Waals surface area (Å²) < 4.78 is 4.74. The Hall–Kier alpha value is -1.14. The number of methoxy groups -OCH3 is 1. The maximum absolute atomic E-state index is 11.5. The smallest absolute Gasteiger partial charge is 0.239 e. The zero-order valence-electron chi connectivity index (χ0n) is 9.37. The van der Waals surface area contributed by atoms with Gasteiger partial charge in [-0.05, 0) is 13.8 Å². The van der Waals surface area contributed by atoms with Gasteiger partial charge < -0.3 is 21.5 Å². The van der Waals surface area contributed by atoms with Gasteiger partial charge in [0.25, 0.3) is 0 Å². The molecule has 2 amide bonds. The Morgan fingerprint density at radius 3 is 2.40 bits per heavy atom. The summed E-state index contributed by atoms with van der Waals surface area (Å²) in [7, 11) is 1.46. The molecule has 0 aromatic carbocycles. The zero-order valence-corrected chi connectivity index (χ0v) is 9.37. The maximum atomic E-state index is 11.5. The highest BCUT2D eigenvalue weighted by atomic mass is 16.5. The third-order valence-electron chi connectivity index (χ3n) is 1.76. The maximum Gasteiger partial charge on any atom is 0.239 e. The van der Waals surface area contributed by atoms with E-state index >= 15 is 0 Å². The van der Waals surface area contributed by atoms with Crippen molar-refractivity contribution in [2.75, 3.05) is 13.7 Å². The van der Waals surface area contributed by atoms with Gasteiger partial charge in [-0.25, -0.2) is 0 Å². The molecule has 88 valence electrons. The molecule has 0 bridgehead atoms. The zero-order chi connectivity index (χ0) is 12.1. The lowest BCUT2D eigenvalue weighted by molar-refractivity contribution is -0.126. The highest BCUT2D eigenvalue weighted by molar-refractivity contribution is 5.83. The third kappa shape index (κ3) is 6.03. The van der Waals surface area contributed by atoms with Crippen LogP contribution >= 0.6 is 0 Å². The van der Waals surface area contributed by atoms with E-state index in [1.165, 1.54) is 7.11 Å². The van der Waals surface area contributed by atoms with Gasteiger partial charge in [-0.1, -0.05) is 0 Å². The van der Waals surface area contributed by atoms with E-state index in [1.54, 1.807) is 13.8 Å². The molecule has 0 saturated heterocycles. The average molecular weight is 217 g/mol. The molecule has 0 spiro atoms. The number of carbonyl (C=O) groups is 2. The minimum absolute atomic E-state index is 0.0679. The molecule has 6 nitrogen and oxygen atoms in total. The van der Waals surface area contributed by atoms with Gasteiger partial charge in [0.1, 0.15) is 6.04 Å². The lowest BCUT2D eigenvalue weighted by Crippen LogP contribution is -2.53. The van der Waals surface area contributed by atoms with Gasteiger partial charge in [0.15, 0.2) is 0 Å². The first-order valence-corrected chi connectivity index (χ1v) is 4.63. The number of rotatable bonds is 6. The Labute approximate surface area is 89.3 Å². The van der Waals surface area contributed by atoms with Crippen molar-refractivity contribution in [3.8, 4) is 0 Å². The Morgan fingerprint density at radius 1 is 1.47 bits per heavy atom. The molecule has 0 aliphatic rings. The summed E-state index contributed by atoms with van der Waals surface area (Å²) in [6.07, 6.45) is 0.0679. The highest BCUT2D eigenvalue weighted by Gasteiger charge is 2.25. The number of primary amides is 1. The molecule has 0 aromatic heterocycles. The van der Waals surface area contributed by atoms with Crippen LogP contribution in [0.25, 0.3) is 0 Å². The lowest BCUT2D eigenvalue weighted by Gasteiger charge is -2.26. The number of ether oxygens (including phenoxy) is 1. The Balaban J connectivity index is 4.20. The van der Waals surface area contributed by atoms with Gasteiger partial charge in [0, 0.05) is 19.1 Å².